The molecule has 12 heteroatoms. The van der Waals surface area contributed by atoms with E-state index < -0.39 is 5.97 Å². The molecular formula is C19H25N7O3S2. The Kier molecular flexibility index (Phi) is 7.01. The Hall–Kier alpha value is -2.86. The number of aromatic nitrogens is 5. The molecule has 0 saturated heterocycles. The predicted octanol–water partition coefficient (Wildman–Crippen LogP) is 2.63. The SMILES string of the molecule is CCOC(=O)c1c(NC(=O)CSc2nnc(-n3nc(C)cc3C)n2N)sc(C)c1CC. The van der Waals surface area contributed by atoms with Gasteiger partial charge in [-0.05, 0) is 45.7 Å². The molecule has 0 aromatic carbocycles. The van der Waals surface area contributed by atoms with Crippen LogP contribution in [0.25, 0.3) is 5.95 Å². The Bertz CT molecular complexity index is 1120. The normalized spacial score (nSPS) is 11.0. The maximum atomic E-state index is 12.6. The van der Waals surface area contributed by atoms with E-state index in [0.29, 0.717) is 28.1 Å². The van der Waals surface area contributed by atoms with Crippen molar-refractivity contribution in [3.05, 3.63) is 33.5 Å². The molecule has 3 heterocycles. The van der Waals surface area contributed by atoms with E-state index in [0.717, 1.165) is 33.6 Å². The third-order valence-electron chi connectivity index (χ3n) is 4.47. The van der Waals surface area contributed by atoms with Crippen molar-refractivity contribution in [1.29, 1.82) is 0 Å². The zero-order valence-corrected chi connectivity index (χ0v) is 19.7. The van der Waals surface area contributed by atoms with Crippen molar-refractivity contribution in [3.63, 3.8) is 0 Å². The van der Waals surface area contributed by atoms with Gasteiger partial charge in [0.05, 0.1) is 23.6 Å². The molecule has 0 unspecified atom stereocenters. The summed E-state index contributed by atoms with van der Waals surface area (Å²) in [6.45, 7) is 9.68. The zero-order valence-electron chi connectivity index (χ0n) is 18.1. The summed E-state index contributed by atoms with van der Waals surface area (Å²) in [5, 5.41) is 16.2. The first-order valence-electron chi connectivity index (χ1n) is 9.72. The molecule has 0 atom stereocenters. The van der Waals surface area contributed by atoms with Crippen LogP contribution in [-0.2, 0) is 16.0 Å². The molecule has 3 aromatic heterocycles. The van der Waals surface area contributed by atoms with Crippen LogP contribution in [0.15, 0.2) is 11.2 Å². The van der Waals surface area contributed by atoms with Crippen LogP contribution in [0.1, 0.15) is 46.0 Å². The fourth-order valence-corrected chi connectivity index (χ4v) is 4.95. The summed E-state index contributed by atoms with van der Waals surface area (Å²) in [5.74, 6) is 5.81. The molecule has 166 valence electrons. The first-order chi connectivity index (χ1) is 14.8. The van der Waals surface area contributed by atoms with Gasteiger partial charge >= 0.3 is 5.97 Å². The fourth-order valence-electron chi connectivity index (χ4n) is 3.15. The number of esters is 1. The van der Waals surface area contributed by atoms with Gasteiger partial charge in [0, 0.05) is 10.6 Å². The first kappa shape index (κ1) is 22.8. The van der Waals surface area contributed by atoms with Crippen LogP contribution in [0, 0.1) is 20.8 Å². The zero-order chi connectivity index (χ0) is 22.7. The maximum Gasteiger partial charge on any atom is 0.341 e. The average molecular weight is 464 g/mol. The minimum absolute atomic E-state index is 0.0487. The number of rotatable bonds is 8. The Morgan fingerprint density at radius 1 is 1.26 bits per heavy atom. The molecule has 1 amide bonds. The van der Waals surface area contributed by atoms with E-state index in [2.05, 4.69) is 20.6 Å². The van der Waals surface area contributed by atoms with Gasteiger partial charge in [-0.3, -0.25) is 4.79 Å². The number of carbonyl (C=O) groups is 2. The van der Waals surface area contributed by atoms with Gasteiger partial charge in [0.15, 0.2) is 0 Å². The monoisotopic (exact) mass is 463 g/mol. The maximum absolute atomic E-state index is 12.6. The Labute approximate surface area is 188 Å². The lowest BCUT2D eigenvalue weighted by Gasteiger charge is -2.08. The minimum Gasteiger partial charge on any atom is -0.462 e. The molecule has 0 aliphatic rings. The van der Waals surface area contributed by atoms with Gasteiger partial charge in [0.2, 0.25) is 11.1 Å². The minimum atomic E-state index is -0.428. The van der Waals surface area contributed by atoms with Gasteiger partial charge in [0.25, 0.3) is 5.95 Å². The first-order valence-corrected chi connectivity index (χ1v) is 11.5. The van der Waals surface area contributed by atoms with Crippen LogP contribution >= 0.6 is 23.1 Å². The number of hydrogen-bond donors (Lipinski definition) is 2. The number of ether oxygens (including phenoxy) is 1. The molecule has 0 saturated carbocycles. The topological polar surface area (TPSA) is 130 Å². The lowest BCUT2D eigenvalue weighted by atomic mass is 10.1. The average Bonchev–Trinajstić information content (AvgIpc) is 3.34. The van der Waals surface area contributed by atoms with E-state index in [1.165, 1.54) is 16.0 Å². The highest BCUT2D eigenvalue weighted by Gasteiger charge is 2.24. The molecule has 0 radical (unpaired) electrons. The third-order valence-corrected chi connectivity index (χ3v) is 6.48. The van der Waals surface area contributed by atoms with Crippen molar-refractivity contribution < 1.29 is 14.3 Å². The lowest BCUT2D eigenvalue weighted by Crippen LogP contribution is -2.19. The number of nitrogen functional groups attached to an aromatic ring is 1. The quantitative estimate of drug-likeness (QED) is 0.296. The molecule has 31 heavy (non-hydrogen) atoms. The van der Waals surface area contributed by atoms with Crippen molar-refractivity contribution in [2.24, 2.45) is 0 Å². The second-order valence-electron chi connectivity index (χ2n) is 6.74. The number of nitrogens with two attached hydrogens (primary N) is 1. The highest BCUT2D eigenvalue weighted by molar-refractivity contribution is 7.99. The Balaban J connectivity index is 1.72. The third kappa shape index (κ3) is 4.74. The number of nitrogens with one attached hydrogen (secondary N) is 1. The van der Waals surface area contributed by atoms with E-state index in [4.69, 9.17) is 10.6 Å². The molecule has 10 nitrogen and oxygen atoms in total. The van der Waals surface area contributed by atoms with Crippen molar-refractivity contribution in [3.8, 4) is 5.95 Å². The largest absolute Gasteiger partial charge is 0.462 e. The van der Waals surface area contributed by atoms with Gasteiger partial charge in [-0.1, -0.05) is 18.7 Å². The molecule has 3 rings (SSSR count). The molecular weight excluding hydrogens is 438 g/mol. The summed E-state index contributed by atoms with van der Waals surface area (Å²) in [4.78, 5) is 26.0. The number of nitrogens with zero attached hydrogens (tertiary/aromatic N) is 5. The molecule has 0 aliphatic carbocycles. The lowest BCUT2D eigenvalue weighted by molar-refractivity contribution is -0.113. The second kappa shape index (κ2) is 9.52. The predicted molar refractivity (Wildman–Crippen MR) is 121 cm³/mol. The number of anilines is 1. The highest BCUT2D eigenvalue weighted by atomic mass is 32.2. The van der Waals surface area contributed by atoms with Crippen molar-refractivity contribution in [2.45, 2.75) is 46.2 Å². The Morgan fingerprint density at radius 2 is 2.00 bits per heavy atom. The summed E-state index contributed by atoms with van der Waals surface area (Å²) in [6.07, 6.45) is 0.673. The summed E-state index contributed by atoms with van der Waals surface area (Å²) in [5.41, 5.74) is 3.03. The standard InChI is InChI=1S/C19H25N7O3S2/c1-6-13-12(5)31-16(15(13)17(28)29-7-2)21-14(27)9-30-19-23-22-18(25(19)20)26-11(4)8-10(3)24-26/h8H,6-7,9,20H2,1-5H3,(H,21,27). The summed E-state index contributed by atoms with van der Waals surface area (Å²) in [7, 11) is 0. The van der Waals surface area contributed by atoms with Crippen LogP contribution in [0.2, 0.25) is 0 Å². The Morgan fingerprint density at radius 3 is 2.61 bits per heavy atom. The van der Waals surface area contributed by atoms with Gasteiger partial charge in [-0.2, -0.15) is 5.10 Å². The fraction of sp³-hybridized carbons (Fsp3) is 0.421. The van der Waals surface area contributed by atoms with Crippen LogP contribution in [-0.4, -0.2) is 48.9 Å². The number of amides is 1. The summed E-state index contributed by atoms with van der Waals surface area (Å²) >= 11 is 2.51. The molecule has 0 bridgehead atoms. The number of aryl methyl sites for hydroxylation is 3. The second-order valence-corrected chi connectivity index (χ2v) is 8.91. The van der Waals surface area contributed by atoms with Crippen LogP contribution in [0.5, 0.6) is 0 Å². The molecule has 3 aromatic rings. The van der Waals surface area contributed by atoms with Crippen molar-refractivity contribution in [2.75, 3.05) is 23.5 Å². The smallest absolute Gasteiger partial charge is 0.341 e. The van der Waals surface area contributed by atoms with Crippen molar-refractivity contribution >= 4 is 40.0 Å². The van der Waals surface area contributed by atoms with E-state index in [1.807, 2.05) is 33.8 Å². The van der Waals surface area contributed by atoms with E-state index >= 15 is 0 Å². The van der Waals surface area contributed by atoms with Gasteiger partial charge < -0.3 is 15.9 Å². The van der Waals surface area contributed by atoms with Crippen LogP contribution in [0.3, 0.4) is 0 Å². The molecule has 0 spiro atoms. The molecule has 0 aliphatic heterocycles. The van der Waals surface area contributed by atoms with Crippen LogP contribution < -0.4 is 11.2 Å². The summed E-state index contributed by atoms with van der Waals surface area (Å²) in [6, 6.07) is 1.91. The van der Waals surface area contributed by atoms with E-state index in [9.17, 15) is 9.59 Å². The highest BCUT2D eigenvalue weighted by Crippen LogP contribution is 2.34. The van der Waals surface area contributed by atoms with Crippen LogP contribution in [0.4, 0.5) is 5.00 Å². The van der Waals surface area contributed by atoms with Gasteiger partial charge in [-0.15, -0.1) is 21.5 Å². The van der Waals surface area contributed by atoms with Gasteiger partial charge in [-0.25, -0.2) is 14.2 Å². The molecule has 0 fully saturated rings. The number of thioether (sulfide) groups is 1. The number of thiophene rings is 1. The van der Waals surface area contributed by atoms with E-state index in [-0.39, 0.29) is 18.3 Å². The summed E-state index contributed by atoms with van der Waals surface area (Å²) < 4.78 is 8.07. The molecule has 3 N–H and O–H groups in total. The number of hydrogen-bond acceptors (Lipinski definition) is 9. The van der Waals surface area contributed by atoms with E-state index in [1.54, 1.807) is 11.6 Å². The van der Waals surface area contributed by atoms with Crippen molar-refractivity contribution in [1.82, 2.24) is 24.7 Å². The van der Waals surface area contributed by atoms with Gasteiger partial charge in [0.1, 0.15) is 5.00 Å². The number of carbonyl (C=O) groups excluding carboxylic acids is 2.